The van der Waals surface area contributed by atoms with E-state index in [4.69, 9.17) is 0 Å². The molecule has 0 spiro atoms. The van der Waals surface area contributed by atoms with Crippen molar-refractivity contribution in [1.29, 1.82) is 0 Å². The highest BCUT2D eigenvalue weighted by molar-refractivity contribution is 5.78. The minimum absolute atomic E-state index is 0.188. The Hall–Kier alpha value is -1.39. The van der Waals surface area contributed by atoms with Crippen LogP contribution in [0.2, 0.25) is 0 Å². The van der Waals surface area contributed by atoms with E-state index < -0.39 is 0 Å². The molecular formula is C19H29N3O. The van der Waals surface area contributed by atoms with E-state index in [0.717, 1.165) is 45.6 Å². The number of piperidine rings is 1. The van der Waals surface area contributed by atoms with Crippen LogP contribution in [-0.4, -0.2) is 43.5 Å². The summed E-state index contributed by atoms with van der Waals surface area (Å²) in [5.74, 6) is 0.427. The first kappa shape index (κ1) is 16.5. The number of carbonyl (C=O) groups is 1. The monoisotopic (exact) mass is 315 g/mol. The molecule has 2 aliphatic heterocycles. The average Bonchev–Trinajstić information content (AvgIpc) is 3.11. The third-order valence-corrected chi connectivity index (χ3v) is 5.22. The number of likely N-dealkylation sites (tertiary alicyclic amines) is 1. The molecule has 2 fully saturated rings. The van der Waals surface area contributed by atoms with Crippen molar-refractivity contribution in [2.24, 2.45) is 5.92 Å². The second-order valence-electron chi connectivity index (χ2n) is 6.94. The minimum atomic E-state index is 0.188. The molecule has 4 heteroatoms. The Bertz CT molecular complexity index is 502. The van der Waals surface area contributed by atoms with Crippen molar-refractivity contribution in [3.63, 3.8) is 0 Å². The van der Waals surface area contributed by atoms with Gasteiger partial charge in [-0.3, -0.25) is 9.69 Å². The molecule has 0 bridgehead atoms. The molecule has 1 aromatic rings. The number of nitrogens with zero attached hydrogens (tertiary/aromatic N) is 1. The molecule has 4 nitrogen and oxygen atoms in total. The summed E-state index contributed by atoms with van der Waals surface area (Å²) in [7, 11) is 0. The van der Waals surface area contributed by atoms with E-state index in [-0.39, 0.29) is 11.8 Å². The maximum Gasteiger partial charge on any atom is 0.223 e. The average molecular weight is 315 g/mol. The zero-order valence-corrected chi connectivity index (χ0v) is 14.2. The van der Waals surface area contributed by atoms with E-state index in [2.05, 4.69) is 46.7 Å². The molecular weight excluding hydrogens is 286 g/mol. The van der Waals surface area contributed by atoms with Crippen LogP contribution in [0.3, 0.4) is 0 Å². The summed E-state index contributed by atoms with van der Waals surface area (Å²) >= 11 is 0. The van der Waals surface area contributed by atoms with Gasteiger partial charge in [-0.25, -0.2) is 0 Å². The highest BCUT2D eigenvalue weighted by Crippen LogP contribution is 2.25. The third-order valence-electron chi connectivity index (χ3n) is 5.22. The van der Waals surface area contributed by atoms with Crippen molar-refractivity contribution >= 4 is 5.91 Å². The maximum atomic E-state index is 12.4. The molecule has 126 valence electrons. The zero-order chi connectivity index (χ0) is 16.1. The number of aryl methyl sites for hydroxylation is 1. The second-order valence-corrected chi connectivity index (χ2v) is 6.94. The normalized spacial score (nSPS) is 21.3. The van der Waals surface area contributed by atoms with Gasteiger partial charge in [0.1, 0.15) is 0 Å². The molecule has 0 aliphatic carbocycles. The van der Waals surface area contributed by atoms with Crippen LogP contribution in [0.25, 0.3) is 0 Å². The molecule has 2 saturated heterocycles. The van der Waals surface area contributed by atoms with Crippen molar-refractivity contribution in [3.05, 3.63) is 35.4 Å². The van der Waals surface area contributed by atoms with Crippen LogP contribution in [0.1, 0.15) is 42.9 Å². The molecule has 2 aliphatic rings. The van der Waals surface area contributed by atoms with E-state index in [1.165, 1.54) is 24.0 Å². The molecule has 2 heterocycles. The Labute approximate surface area is 139 Å². The van der Waals surface area contributed by atoms with Crippen LogP contribution >= 0.6 is 0 Å². The lowest BCUT2D eigenvalue weighted by molar-refractivity contribution is -0.126. The molecule has 1 unspecified atom stereocenters. The first-order chi connectivity index (χ1) is 11.2. The van der Waals surface area contributed by atoms with Gasteiger partial charge in [0.25, 0.3) is 0 Å². The Balaban J connectivity index is 1.63. The van der Waals surface area contributed by atoms with E-state index in [1.807, 2.05) is 0 Å². The smallest absolute Gasteiger partial charge is 0.223 e. The quantitative estimate of drug-likeness (QED) is 0.876. The lowest BCUT2D eigenvalue weighted by Gasteiger charge is -2.29. The Morgan fingerprint density at radius 2 is 1.87 bits per heavy atom. The number of amides is 1. The topological polar surface area (TPSA) is 44.4 Å². The fourth-order valence-corrected chi connectivity index (χ4v) is 3.73. The summed E-state index contributed by atoms with van der Waals surface area (Å²) in [6, 6.07) is 9.09. The van der Waals surface area contributed by atoms with E-state index in [9.17, 15) is 4.79 Å². The number of rotatable bonds is 5. The maximum absolute atomic E-state index is 12.4. The molecule has 2 N–H and O–H groups in total. The summed E-state index contributed by atoms with van der Waals surface area (Å²) in [4.78, 5) is 15.0. The Morgan fingerprint density at radius 3 is 2.52 bits per heavy atom. The van der Waals surface area contributed by atoms with Gasteiger partial charge in [0.2, 0.25) is 5.91 Å². The second kappa shape index (κ2) is 7.93. The van der Waals surface area contributed by atoms with Crippen LogP contribution in [0.5, 0.6) is 0 Å². The van der Waals surface area contributed by atoms with Gasteiger partial charge in [0, 0.05) is 12.5 Å². The molecule has 0 aromatic heterocycles. The van der Waals surface area contributed by atoms with Crippen molar-refractivity contribution in [2.75, 3.05) is 32.7 Å². The van der Waals surface area contributed by atoms with Gasteiger partial charge < -0.3 is 10.6 Å². The molecule has 3 rings (SSSR count). The van der Waals surface area contributed by atoms with E-state index >= 15 is 0 Å². The summed E-state index contributed by atoms with van der Waals surface area (Å²) in [5.41, 5.74) is 2.61. The van der Waals surface area contributed by atoms with E-state index in [0.29, 0.717) is 6.04 Å². The molecule has 1 atom stereocenters. The van der Waals surface area contributed by atoms with Gasteiger partial charge in [-0.15, -0.1) is 0 Å². The van der Waals surface area contributed by atoms with Crippen molar-refractivity contribution in [3.8, 4) is 0 Å². The lowest BCUT2D eigenvalue weighted by Crippen LogP contribution is -2.42. The third kappa shape index (κ3) is 4.33. The fourth-order valence-electron chi connectivity index (χ4n) is 3.73. The number of benzene rings is 1. The Kier molecular flexibility index (Phi) is 5.68. The van der Waals surface area contributed by atoms with Crippen LogP contribution in [-0.2, 0) is 4.79 Å². The highest BCUT2D eigenvalue weighted by Gasteiger charge is 2.26. The molecule has 1 amide bonds. The minimum Gasteiger partial charge on any atom is -0.354 e. The van der Waals surface area contributed by atoms with Gasteiger partial charge in [-0.05, 0) is 64.3 Å². The number of hydrogen-bond donors (Lipinski definition) is 2. The van der Waals surface area contributed by atoms with Gasteiger partial charge in [-0.2, -0.15) is 0 Å². The SMILES string of the molecule is Cc1ccc(C(CNC(=O)C2CCNCC2)N2CCCC2)cc1. The summed E-state index contributed by atoms with van der Waals surface area (Å²) in [6.45, 7) is 7.06. The van der Waals surface area contributed by atoms with Crippen LogP contribution < -0.4 is 10.6 Å². The predicted octanol–water partition coefficient (Wildman–Crippen LogP) is 2.25. The summed E-state index contributed by atoms with van der Waals surface area (Å²) in [6.07, 6.45) is 4.46. The fraction of sp³-hybridized carbons (Fsp3) is 0.632. The molecule has 1 aromatic carbocycles. The summed E-state index contributed by atoms with van der Waals surface area (Å²) < 4.78 is 0. The van der Waals surface area contributed by atoms with Crippen LogP contribution in [0.4, 0.5) is 0 Å². The number of hydrogen-bond acceptors (Lipinski definition) is 3. The van der Waals surface area contributed by atoms with Gasteiger partial charge >= 0.3 is 0 Å². The van der Waals surface area contributed by atoms with Crippen molar-refractivity contribution in [1.82, 2.24) is 15.5 Å². The standard InChI is InChI=1S/C19H29N3O/c1-15-4-6-16(7-5-15)18(22-12-2-3-13-22)14-21-19(23)17-8-10-20-11-9-17/h4-7,17-18,20H,2-3,8-14H2,1H3,(H,21,23). The molecule has 0 radical (unpaired) electrons. The van der Waals surface area contributed by atoms with Gasteiger partial charge in [0.15, 0.2) is 0 Å². The molecule has 23 heavy (non-hydrogen) atoms. The highest BCUT2D eigenvalue weighted by atomic mass is 16.1. The number of nitrogens with one attached hydrogen (secondary N) is 2. The number of carbonyl (C=O) groups excluding carboxylic acids is 1. The van der Waals surface area contributed by atoms with Crippen LogP contribution in [0.15, 0.2) is 24.3 Å². The predicted molar refractivity (Wildman–Crippen MR) is 93.3 cm³/mol. The van der Waals surface area contributed by atoms with Gasteiger partial charge in [0.05, 0.1) is 6.04 Å². The van der Waals surface area contributed by atoms with Gasteiger partial charge in [-0.1, -0.05) is 29.8 Å². The summed E-state index contributed by atoms with van der Waals surface area (Å²) in [5, 5.41) is 6.56. The van der Waals surface area contributed by atoms with Crippen molar-refractivity contribution in [2.45, 2.75) is 38.6 Å². The first-order valence-corrected chi connectivity index (χ1v) is 9.03. The van der Waals surface area contributed by atoms with Crippen molar-refractivity contribution < 1.29 is 4.79 Å². The first-order valence-electron chi connectivity index (χ1n) is 9.03. The Morgan fingerprint density at radius 1 is 1.22 bits per heavy atom. The molecule has 0 saturated carbocycles. The van der Waals surface area contributed by atoms with Crippen LogP contribution in [0, 0.1) is 12.8 Å². The van der Waals surface area contributed by atoms with E-state index in [1.54, 1.807) is 0 Å². The lowest BCUT2D eigenvalue weighted by atomic mass is 9.97. The zero-order valence-electron chi connectivity index (χ0n) is 14.2. The largest absolute Gasteiger partial charge is 0.354 e.